The van der Waals surface area contributed by atoms with Crippen molar-refractivity contribution in [1.29, 1.82) is 0 Å². The van der Waals surface area contributed by atoms with Crippen molar-refractivity contribution in [3.05, 3.63) is 83.6 Å². The lowest BCUT2D eigenvalue weighted by molar-refractivity contribution is -0.438. The van der Waals surface area contributed by atoms with Crippen molar-refractivity contribution in [2.75, 3.05) is 31.6 Å². The largest absolute Gasteiger partial charge is 0.356 e. The first-order valence-electron chi connectivity index (χ1n) is 18.1. The number of carbonyl (C=O) groups is 2. The van der Waals surface area contributed by atoms with Crippen LogP contribution in [0.2, 0.25) is 0 Å². The molecule has 0 radical (unpaired) electrons. The molecule has 0 spiro atoms. The van der Waals surface area contributed by atoms with E-state index in [0.717, 1.165) is 85.6 Å². The Morgan fingerprint density at radius 2 is 1.73 bits per heavy atom. The molecule has 9 nitrogen and oxygen atoms in total. The Balaban J connectivity index is 0.00000112. The number of amides is 1. The van der Waals surface area contributed by atoms with Crippen LogP contribution in [-0.2, 0) is 31.5 Å². The number of carbonyl (C=O) groups excluding carboxylic acids is 2. The van der Waals surface area contributed by atoms with Crippen molar-refractivity contribution in [3.8, 4) is 0 Å². The lowest BCUT2D eigenvalue weighted by Gasteiger charge is -2.25. The zero-order valence-electron chi connectivity index (χ0n) is 32.1. The summed E-state index contributed by atoms with van der Waals surface area (Å²) in [5, 5.41) is 3.00. The predicted octanol–water partition coefficient (Wildman–Crippen LogP) is 8.78. The Morgan fingerprint density at radius 1 is 0.981 bits per heavy atom. The van der Waals surface area contributed by atoms with E-state index >= 15 is 0 Å². The van der Waals surface area contributed by atoms with Gasteiger partial charge in [0.15, 0.2) is 22.6 Å². The van der Waals surface area contributed by atoms with Crippen molar-refractivity contribution in [2.24, 2.45) is 4.99 Å². The minimum absolute atomic E-state index is 0.00231. The number of ketones is 1. The molecule has 3 N–H and O–H groups in total. The molecule has 52 heavy (non-hydrogen) atoms. The molecule has 0 saturated heterocycles. The molecule has 1 atom stereocenters. The number of hydrogen-bond acceptors (Lipinski definition) is 7. The highest BCUT2D eigenvalue weighted by molar-refractivity contribution is 7.93. The number of aliphatic imine (C=N–C) groups is 1. The monoisotopic (exact) mass is 749 g/mol. The summed E-state index contributed by atoms with van der Waals surface area (Å²) in [6.45, 7) is 16.9. The fourth-order valence-corrected chi connectivity index (χ4v) is 7.52. The number of rotatable bonds is 16. The third-order valence-electron chi connectivity index (χ3n) is 9.53. The fourth-order valence-electron chi connectivity index (χ4n) is 6.82. The maximum atomic E-state index is 12.1. The number of benzene rings is 2. The van der Waals surface area contributed by atoms with Crippen LogP contribution >= 0.6 is 12.0 Å². The molecule has 1 amide bonds. The molecule has 2 aromatic carbocycles. The molecule has 2 aliphatic rings. The van der Waals surface area contributed by atoms with Gasteiger partial charge in [0.2, 0.25) is 11.6 Å². The number of anilines is 1. The fraction of sp³-hybridized carbons (Fsp3) is 0.463. The zero-order chi connectivity index (χ0) is 38.5. The summed E-state index contributed by atoms with van der Waals surface area (Å²) < 4.78 is 33.7. The van der Waals surface area contributed by atoms with Crippen molar-refractivity contribution in [3.63, 3.8) is 0 Å². The predicted molar refractivity (Wildman–Crippen MR) is 217 cm³/mol. The lowest BCUT2D eigenvalue weighted by atomic mass is 9.81. The van der Waals surface area contributed by atoms with Gasteiger partial charge in [-0.1, -0.05) is 45.4 Å². The average molecular weight is 750 g/mol. The van der Waals surface area contributed by atoms with Gasteiger partial charge in [0.05, 0.1) is 16.5 Å². The van der Waals surface area contributed by atoms with Crippen LogP contribution in [0, 0.1) is 0 Å². The summed E-state index contributed by atoms with van der Waals surface area (Å²) in [6, 6.07) is 11.7. The van der Waals surface area contributed by atoms with Gasteiger partial charge in [-0.25, -0.2) is 4.21 Å². The van der Waals surface area contributed by atoms with Crippen LogP contribution < -0.4 is 10.2 Å². The highest BCUT2D eigenvalue weighted by Crippen LogP contribution is 2.48. The van der Waals surface area contributed by atoms with Gasteiger partial charge < -0.3 is 19.3 Å². The molecule has 0 aliphatic carbocycles. The minimum atomic E-state index is -2.05. The summed E-state index contributed by atoms with van der Waals surface area (Å²) in [6.07, 6.45) is 17.2. The standard InChI is InChI=1S/C37H49N3O4S2.C4H7NO/c1-7-9-23-38-35(41)18-14-11-15-24-40-32-22-20-28(46(43)44)26-30(32)37(5,6)34(40)17-13-10-12-16-33-36(3,4)29-25-27(45-42)19-21-31(29)39(33)8-2;1-4(6)3-5-2/h10,12-13,16-17,19-22,25-26H,7-9,11,14-15,18,23-24H2,1-6H3,(H2-,38,41,42,43,44);3H,1-2H3/p+1. The smallest absolute Gasteiger partial charge is 0.219 e. The van der Waals surface area contributed by atoms with Crippen LogP contribution in [0.4, 0.5) is 11.4 Å². The van der Waals surface area contributed by atoms with E-state index in [9.17, 15) is 22.9 Å². The van der Waals surface area contributed by atoms with Crippen LogP contribution in [-0.4, -0.2) is 68.2 Å². The van der Waals surface area contributed by atoms with Gasteiger partial charge in [-0.05, 0) is 82.0 Å². The number of nitrogens with one attached hydrogen (secondary N) is 1. The zero-order valence-corrected chi connectivity index (χ0v) is 33.7. The van der Waals surface area contributed by atoms with Crippen LogP contribution in [0.25, 0.3) is 0 Å². The van der Waals surface area contributed by atoms with Crippen molar-refractivity contribution >= 4 is 58.1 Å². The minimum Gasteiger partial charge on any atom is -0.356 e. The molecule has 282 valence electrons. The summed E-state index contributed by atoms with van der Waals surface area (Å²) in [7, 11) is 1.57. The highest BCUT2D eigenvalue weighted by Gasteiger charge is 2.44. The second-order valence-electron chi connectivity index (χ2n) is 14.0. The molecule has 0 fully saturated rings. The van der Waals surface area contributed by atoms with Crippen LogP contribution in [0.15, 0.2) is 87.3 Å². The number of likely N-dealkylation sites (N-methyl/N-ethyl adjacent to an activating group) is 1. The first kappa shape index (κ1) is 42.8. The van der Waals surface area contributed by atoms with E-state index < -0.39 is 11.1 Å². The molecule has 0 saturated carbocycles. The molecule has 2 aromatic rings. The van der Waals surface area contributed by atoms with Crippen molar-refractivity contribution in [1.82, 2.24) is 5.32 Å². The van der Waals surface area contributed by atoms with E-state index in [1.807, 2.05) is 18.2 Å². The second-order valence-corrected chi connectivity index (χ2v) is 15.7. The number of fused-ring (bicyclic) bond motifs is 2. The van der Waals surface area contributed by atoms with Crippen LogP contribution in [0.3, 0.4) is 0 Å². The van der Waals surface area contributed by atoms with E-state index in [0.29, 0.717) is 11.3 Å². The number of unbranched alkanes of at least 4 members (excludes halogenated alkanes) is 3. The highest BCUT2D eigenvalue weighted by atomic mass is 32.2. The average Bonchev–Trinajstić information content (AvgIpc) is 3.45. The molecule has 1 unspecified atom stereocenters. The number of nitrogens with zero attached hydrogens (tertiary/aromatic N) is 3. The Bertz CT molecular complexity index is 1760. The maximum absolute atomic E-state index is 12.1. The Hall–Kier alpha value is -3.64. The normalized spacial score (nSPS) is 17.2. The first-order valence-corrected chi connectivity index (χ1v) is 20.0. The van der Waals surface area contributed by atoms with Gasteiger partial charge in [-0.3, -0.25) is 14.6 Å². The van der Waals surface area contributed by atoms with Gasteiger partial charge in [-0.2, -0.15) is 4.58 Å². The van der Waals surface area contributed by atoms with Crippen molar-refractivity contribution in [2.45, 2.75) is 108 Å². The quantitative estimate of drug-likeness (QED) is 0.0392. The van der Waals surface area contributed by atoms with Gasteiger partial charge in [0.25, 0.3) is 0 Å². The van der Waals surface area contributed by atoms with Gasteiger partial charge >= 0.3 is 0 Å². The topological polar surface area (TPSA) is 122 Å². The molecule has 4 rings (SSSR count). The van der Waals surface area contributed by atoms with Gasteiger partial charge in [-0.15, -0.1) is 0 Å². The molecule has 0 aromatic heterocycles. The third kappa shape index (κ3) is 10.7. The van der Waals surface area contributed by atoms with E-state index in [-0.39, 0.29) is 22.5 Å². The Morgan fingerprint density at radius 3 is 2.35 bits per heavy atom. The number of Topliss-reactive ketones (excluding diaryl/α,β-unsaturated/α-hetero) is 1. The SMILES string of the molecule is CCCCNC(=O)CCCCC[N+]1=C(/C=C/C=C/C=C2\N(CC)c3ccc(SO)cc3C2(C)C)C(C)(C)c2cc(S(=O)O)ccc21.CN=CC(C)=O. The van der Waals surface area contributed by atoms with E-state index in [2.05, 4.69) is 104 Å². The van der Waals surface area contributed by atoms with Crippen molar-refractivity contribution < 1.29 is 27.5 Å². The molecule has 2 heterocycles. The van der Waals surface area contributed by atoms with Crippen LogP contribution in [0.5, 0.6) is 0 Å². The summed E-state index contributed by atoms with van der Waals surface area (Å²) >= 11 is -1.27. The van der Waals surface area contributed by atoms with Gasteiger partial charge in [0.1, 0.15) is 6.54 Å². The third-order valence-corrected chi connectivity index (χ3v) is 10.7. The second kappa shape index (κ2) is 20.0. The number of allylic oxidation sites excluding steroid dienone is 6. The molecule has 0 bridgehead atoms. The molecular weight excluding hydrogens is 693 g/mol. The Labute approximate surface area is 317 Å². The Kier molecular flexibility index (Phi) is 16.4. The molecular formula is C41H57N4O5S2+. The summed E-state index contributed by atoms with van der Waals surface area (Å²) in [4.78, 5) is 29.1. The van der Waals surface area contributed by atoms with Crippen LogP contribution in [0.1, 0.15) is 98.1 Å². The number of hydrogen-bond donors (Lipinski definition) is 3. The van der Waals surface area contributed by atoms with E-state index in [1.54, 1.807) is 13.1 Å². The first-order chi connectivity index (χ1) is 24.7. The molecule has 11 heteroatoms. The van der Waals surface area contributed by atoms with E-state index in [1.165, 1.54) is 30.1 Å². The maximum Gasteiger partial charge on any atom is 0.219 e. The summed E-state index contributed by atoms with van der Waals surface area (Å²) in [5.41, 5.74) is 6.27. The van der Waals surface area contributed by atoms with E-state index in [4.69, 9.17) is 0 Å². The summed E-state index contributed by atoms with van der Waals surface area (Å²) in [5.74, 6) is 0.126. The van der Waals surface area contributed by atoms with Gasteiger partial charge in [0, 0.05) is 91.3 Å². The lowest BCUT2D eigenvalue weighted by Crippen LogP contribution is -2.28. The molecule has 2 aliphatic heterocycles.